The molecule has 0 rings (SSSR count). The van der Waals surface area contributed by atoms with Crippen LogP contribution in [0.4, 0.5) is 0 Å². The molecule has 0 bridgehead atoms. The van der Waals surface area contributed by atoms with E-state index in [4.69, 9.17) is 14.2 Å². The second kappa shape index (κ2) is 58.4. The molecular formula is C63H110O5. The van der Waals surface area contributed by atoms with Gasteiger partial charge in [0.1, 0.15) is 6.61 Å². The Morgan fingerprint density at radius 1 is 0.338 bits per heavy atom. The number of esters is 2. The second-order valence-corrected chi connectivity index (χ2v) is 19.2. The molecule has 68 heavy (non-hydrogen) atoms. The zero-order chi connectivity index (χ0) is 49.2. The SMILES string of the molecule is CC/C=C\C/C=C\C/C=C\CCCCCCCCCC(=O)OCC(COCCCCCCCCC/C=C\C/C=C\C/C=C\CCCCC)OC(=O)CCCCCCC/C=C\CCCCCCCC. The third-order valence-electron chi connectivity index (χ3n) is 12.4. The third kappa shape index (κ3) is 55.7. The first-order chi connectivity index (χ1) is 33.6. The molecule has 0 saturated carbocycles. The zero-order valence-electron chi connectivity index (χ0n) is 45.1. The van der Waals surface area contributed by atoms with E-state index in [1.54, 1.807) is 0 Å². The highest BCUT2D eigenvalue weighted by atomic mass is 16.6. The lowest BCUT2D eigenvalue weighted by Gasteiger charge is -2.18. The van der Waals surface area contributed by atoms with Gasteiger partial charge in [-0.1, -0.05) is 234 Å². The fraction of sp³-hybridized carbons (Fsp3) is 0.746. The van der Waals surface area contributed by atoms with E-state index in [1.165, 1.54) is 148 Å². The summed E-state index contributed by atoms with van der Waals surface area (Å²) in [6.07, 6.45) is 77.4. The zero-order valence-corrected chi connectivity index (χ0v) is 45.1. The van der Waals surface area contributed by atoms with E-state index < -0.39 is 6.10 Å². The Balaban J connectivity index is 4.32. The highest BCUT2D eigenvalue weighted by molar-refractivity contribution is 5.70. The number of hydrogen-bond acceptors (Lipinski definition) is 5. The van der Waals surface area contributed by atoms with Gasteiger partial charge in [0, 0.05) is 19.4 Å². The van der Waals surface area contributed by atoms with Crippen molar-refractivity contribution in [3.63, 3.8) is 0 Å². The summed E-state index contributed by atoms with van der Waals surface area (Å²) in [5.74, 6) is -0.419. The maximum atomic E-state index is 12.9. The standard InChI is InChI=1S/C63H110O5/c1-4-7-10-13-16-19-22-25-28-30-31-32-34-37-40-43-46-49-52-55-58-66-59-61(68-63(65)57-54-51-48-45-42-39-35-27-24-21-18-15-12-9-6-3)60-67-62(64)56-53-50-47-44-41-38-36-33-29-26-23-20-17-14-11-8-5-2/h8,11,16-17,19-20,25-29,31-32,35,61H,4-7,9-10,12-15,18,21-24,30,33-34,36-60H2,1-3H3/b11-8-,19-16-,20-17-,28-25-,29-26-,32-31-,35-27-. The van der Waals surface area contributed by atoms with Crippen molar-refractivity contribution in [2.75, 3.05) is 19.8 Å². The Morgan fingerprint density at radius 3 is 1.10 bits per heavy atom. The quantitative estimate of drug-likeness (QED) is 0.0345. The predicted molar refractivity (Wildman–Crippen MR) is 297 cm³/mol. The van der Waals surface area contributed by atoms with Crippen LogP contribution in [0.5, 0.6) is 0 Å². The van der Waals surface area contributed by atoms with Gasteiger partial charge < -0.3 is 14.2 Å². The summed E-state index contributed by atoms with van der Waals surface area (Å²) < 4.78 is 17.5. The molecule has 0 aromatic rings. The largest absolute Gasteiger partial charge is 0.462 e. The number of unbranched alkanes of at least 4 members (excludes halogenated alkanes) is 28. The van der Waals surface area contributed by atoms with E-state index in [-0.39, 0.29) is 25.2 Å². The summed E-state index contributed by atoms with van der Waals surface area (Å²) in [6, 6.07) is 0. The molecule has 0 aromatic heterocycles. The average Bonchev–Trinajstić information content (AvgIpc) is 3.34. The Hall–Kier alpha value is -2.92. The van der Waals surface area contributed by atoms with Gasteiger partial charge in [0.05, 0.1) is 6.61 Å². The van der Waals surface area contributed by atoms with Crippen molar-refractivity contribution in [3.05, 3.63) is 85.1 Å². The lowest BCUT2D eigenvalue weighted by molar-refractivity contribution is -0.163. The molecule has 1 unspecified atom stereocenters. The van der Waals surface area contributed by atoms with Crippen LogP contribution in [-0.2, 0) is 23.8 Å². The normalized spacial score (nSPS) is 12.8. The van der Waals surface area contributed by atoms with Crippen molar-refractivity contribution in [1.29, 1.82) is 0 Å². The first kappa shape index (κ1) is 65.1. The first-order valence-electron chi connectivity index (χ1n) is 29.1. The van der Waals surface area contributed by atoms with Crippen molar-refractivity contribution < 1.29 is 23.8 Å². The first-order valence-corrected chi connectivity index (χ1v) is 29.1. The highest BCUT2D eigenvalue weighted by Gasteiger charge is 2.17. The predicted octanol–water partition coefficient (Wildman–Crippen LogP) is 20.0. The van der Waals surface area contributed by atoms with E-state index in [2.05, 4.69) is 106 Å². The minimum absolute atomic E-state index is 0.0702. The molecule has 0 saturated heterocycles. The molecule has 392 valence electrons. The fourth-order valence-electron chi connectivity index (χ4n) is 8.06. The molecule has 1 atom stereocenters. The van der Waals surface area contributed by atoms with Crippen LogP contribution in [0.1, 0.15) is 278 Å². The highest BCUT2D eigenvalue weighted by Crippen LogP contribution is 2.14. The molecule has 0 heterocycles. The van der Waals surface area contributed by atoms with Gasteiger partial charge in [-0.3, -0.25) is 9.59 Å². The molecule has 0 fully saturated rings. The van der Waals surface area contributed by atoms with Gasteiger partial charge in [0.25, 0.3) is 0 Å². The van der Waals surface area contributed by atoms with Crippen molar-refractivity contribution in [2.45, 2.75) is 284 Å². The molecule has 0 aromatic carbocycles. The molecule has 0 amide bonds. The van der Waals surface area contributed by atoms with Crippen molar-refractivity contribution >= 4 is 11.9 Å². The summed E-state index contributed by atoms with van der Waals surface area (Å²) in [6.45, 7) is 7.67. The summed E-state index contributed by atoms with van der Waals surface area (Å²) >= 11 is 0. The molecule has 5 nitrogen and oxygen atoms in total. The van der Waals surface area contributed by atoms with E-state index in [0.717, 1.165) is 96.3 Å². The number of carbonyl (C=O) groups is 2. The van der Waals surface area contributed by atoms with Gasteiger partial charge in [-0.15, -0.1) is 0 Å². The number of rotatable bonds is 53. The summed E-state index contributed by atoms with van der Waals surface area (Å²) in [5.41, 5.74) is 0. The number of ether oxygens (including phenoxy) is 3. The third-order valence-corrected chi connectivity index (χ3v) is 12.4. The van der Waals surface area contributed by atoms with Crippen molar-refractivity contribution in [2.24, 2.45) is 0 Å². The van der Waals surface area contributed by atoms with E-state index in [0.29, 0.717) is 19.4 Å². The summed E-state index contributed by atoms with van der Waals surface area (Å²) in [7, 11) is 0. The Labute approximate surface area is 422 Å². The molecule has 0 aliphatic carbocycles. The smallest absolute Gasteiger partial charge is 0.306 e. The van der Waals surface area contributed by atoms with E-state index in [9.17, 15) is 9.59 Å². The van der Waals surface area contributed by atoms with Gasteiger partial charge in [-0.05, 0) is 116 Å². The van der Waals surface area contributed by atoms with Gasteiger partial charge in [0.2, 0.25) is 0 Å². The molecule has 0 aliphatic rings. The molecule has 0 aliphatic heterocycles. The van der Waals surface area contributed by atoms with Gasteiger partial charge in [-0.2, -0.15) is 0 Å². The second-order valence-electron chi connectivity index (χ2n) is 19.2. The van der Waals surface area contributed by atoms with E-state index in [1.807, 2.05) is 0 Å². The maximum Gasteiger partial charge on any atom is 0.306 e. The van der Waals surface area contributed by atoms with E-state index >= 15 is 0 Å². The molecule has 5 heteroatoms. The van der Waals surface area contributed by atoms with Crippen LogP contribution >= 0.6 is 0 Å². The van der Waals surface area contributed by atoms with Gasteiger partial charge in [-0.25, -0.2) is 0 Å². The molecule has 0 radical (unpaired) electrons. The molecule has 0 spiro atoms. The van der Waals surface area contributed by atoms with Crippen LogP contribution in [0, 0.1) is 0 Å². The summed E-state index contributed by atoms with van der Waals surface area (Å²) in [4.78, 5) is 25.5. The molecular weight excluding hydrogens is 837 g/mol. The topological polar surface area (TPSA) is 61.8 Å². The Kier molecular flexibility index (Phi) is 55.9. The van der Waals surface area contributed by atoms with Gasteiger partial charge in [0.15, 0.2) is 6.10 Å². The fourth-order valence-corrected chi connectivity index (χ4v) is 8.06. The molecule has 0 N–H and O–H groups in total. The van der Waals surface area contributed by atoms with Crippen molar-refractivity contribution in [1.82, 2.24) is 0 Å². The van der Waals surface area contributed by atoms with Crippen molar-refractivity contribution in [3.8, 4) is 0 Å². The van der Waals surface area contributed by atoms with Crippen LogP contribution in [0.2, 0.25) is 0 Å². The van der Waals surface area contributed by atoms with Crippen LogP contribution in [-0.4, -0.2) is 37.9 Å². The Bertz CT molecular complexity index is 1250. The van der Waals surface area contributed by atoms with Gasteiger partial charge >= 0.3 is 11.9 Å². The average molecular weight is 948 g/mol. The maximum absolute atomic E-state index is 12.9. The van der Waals surface area contributed by atoms with Crippen LogP contribution in [0.15, 0.2) is 85.1 Å². The lowest BCUT2D eigenvalue weighted by Crippen LogP contribution is -2.30. The summed E-state index contributed by atoms with van der Waals surface area (Å²) in [5, 5.41) is 0. The van der Waals surface area contributed by atoms with Crippen LogP contribution in [0.3, 0.4) is 0 Å². The lowest BCUT2D eigenvalue weighted by atomic mass is 10.1. The number of hydrogen-bond donors (Lipinski definition) is 0. The van der Waals surface area contributed by atoms with Crippen LogP contribution < -0.4 is 0 Å². The number of carbonyl (C=O) groups excluding carboxylic acids is 2. The minimum Gasteiger partial charge on any atom is -0.462 e. The minimum atomic E-state index is -0.554. The Morgan fingerprint density at radius 2 is 0.662 bits per heavy atom. The number of allylic oxidation sites excluding steroid dienone is 14. The monoisotopic (exact) mass is 947 g/mol. The van der Waals surface area contributed by atoms with Crippen LogP contribution in [0.25, 0.3) is 0 Å².